The third-order valence-corrected chi connectivity index (χ3v) is 1.39. The summed E-state index contributed by atoms with van der Waals surface area (Å²) in [6.07, 6.45) is 2.41. The number of carbonyl (C=O) groups is 1. The van der Waals surface area contributed by atoms with E-state index in [1.54, 1.807) is 6.92 Å². The highest BCUT2D eigenvalue weighted by Crippen LogP contribution is 2.13. The molecule has 0 fully saturated rings. The van der Waals surface area contributed by atoms with Crippen molar-refractivity contribution < 1.29 is 19.4 Å². The maximum Gasteiger partial charge on any atom is 0.328 e. The van der Waals surface area contributed by atoms with E-state index in [1.807, 2.05) is 13.8 Å². The molecule has 4 nitrogen and oxygen atoms in total. The number of carboxylic acid groups (broad SMARTS) is 1. The first-order valence-corrected chi connectivity index (χ1v) is 4.24. The summed E-state index contributed by atoms with van der Waals surface area (Å²) in [7, 11) is 0. The Morgan fingerprint density at radius 1 is 1.38 bits per heavy atom. The van der Waals surface area contributed by atoms with Crippen molar-refractivity contribution in [1.82, 2.24) is 0 Å². The van der Waals surface area contributed by atoms with Crippen LogP contribution in [0, 0.1) is 0 Å². The van der Waals surface area contributed by atoms with Gasteiger partial charge in [0.2, 0.25) is 0 Å². The molecule has 76 valence electrons. The van der Waals surface area contributed by atoms with Gasteiger partial charge in [-0.05, 0) is 26.8 Å². The highest BCUT2D eigenvalue weighted by molar-refractivity contribution is 5.79. The van der Waals surface area contributed by atoms with Crippen molar-refractivity contribution in [3.8, 4) is 0 Å². The molecule has 0 radical (unpaired) electrons. The predicted octanol–water partition coefficient (Wildman–Crippen LogP) is 1.42. The third kappa shape index (κ3) is 5.38. The summed E-state index contributed by atoms with van der Waals surface area (Å²) >= 11 is 0. The highest BCUT2D eigenvalue weighted by Gasteiger charge is 2.20. The lowest BCUT2D eigenvalue weighted by atomic mass is 10.3. The van der Waals surface area contributed by atoms with Crippen molar-refractivity contribution in [2.75, 3.05) is 13.2 Å². The fourth-order valence-corrected chi connectivity index (χ4v) is 0.934. The fourth-order valence-electron chi connectivity index (χ4n) is 0.934. The molecule has 13 heavy (non-hydrogen) atoms. The smallest absolute Gasteiger partial charge is 0.328 e. The standard InChI is InChI=1S/C9H16O4/c1-4-12-9(3,13-5-2)7-6-8(10)11/h6-7H,4-5H2,1-3H3,(H,10,11). The molecule has 0 saturated heterocycles. The summed E-state index contributed by atoms with van der Waals surface area (Å²) in [4.78, 5) is 10.3. The Morgan fingerprint density at radius 2 is 1.85 bits per heavy atom. The molecular weight excluding hydrogens is 172 g/mol. The molecule has 0 aromatic heterocycles. The molecule has 0 unspecified atom stereocenters. The van der Waals surface area contributed by atoms with Crippen LogP contribution in [0.3, 0.4) is 0 Å². The Labute approximate surface area is 78.2 Å². The van der Waals surface area contributed by atoms with E-state index in [1.165, 1.54) is 6.08 Å². The highest BCUT2D eigenvalue weighted by atomic mass is 16.7. The van der Waals surface area contributed by atoms with Crippen molar-refractivity contribution in [3.05, 3.63) is 12.2 Å². The molecule has 0 aliphatic carbocycles. The molecule has 0 heterocycles. The lowest BCUT2D eigenvalue weighted by molar-refractivity contribution is -0.186. The van der Waals surface area contributed by atoms with Gasteiger partial charge in [0.1, 0.15) is 0 Å². The number of aliphatic carboxylic acids is 1. The van der Waals surface area contributed by atoms with Crippen molar-refractivity contribution in [2.45, 2.75) is 26.6 Å². The van der Waals surface area contributed by atoms with Gasteiger partial charge in [0, 0.05) is 19.3 Å². The van der Waals surface area contributed by atoms with Crippen LogP contribution in [0.2, 0.25) is 0 Å². The molecule has 0 spiro atoms. The fraction of sp³-hybridized carbons (Fsp3) is 0.667. The molecule has 0 atom stereocenters. The molecule has 0 bridgehead atoms. The molecule has 0 aliphatic rings. The van der Waals surface area contributed by atoms with Gasteiger partial charge in [-0.25, -0.2) is 4.79 Å². The zero-order valence-electron chi connectivity index (χ0n) is 8.24. The number of carboxylic acids is 1. The monoisotopic (exact) mass is 188 g/mol. The second-order valence-electron chi connectivity index (χ2n) is 2.55. The number of rotatable bonds is 6. The van der Waals surface area contributed by atoms with Crippen molar-refractivity contribution in [3.63, 3.8) is 0 Å². The van der Waals surface area contributed by atoms with Gasteiger partial charge >= 0.3 is 5.97 Å². The second kappa shape index (κ2) is 5.72. The van der Waals surface area contributed by atoms with Gasteiger partial charge in [0.25, 0.3) is 0 Å². The Balaban J connectivity index is 4.30. The molecule has 4 heteroatoms. The zero-order valence-corrected chi connectivity index (χ0v) is 8.24. The molecule has 0 amide bonds. The van der Waals surface area contributed by atoms with E-state index in [0.29, 0.717) is 13.2 Å². The summed E-state index contributed by atoms with van der Waals surface area (Å²) in [5.41, 5.74) is 0. The van der Waals surface area contributed by atoms with Gasteiger partial charge in [-0.2, -0.15) is 0 Å². The van der Waals surface area contributed by atoms with Gasteiger partial charge < -0.3 is 14.6 Å². The Morgan fingerprint density at radius 3 is 2.15 bits per heavy atom. The lowest BCUT2D eigenvalue weighted by Gasteiger charge is -2.25. The van der Waals surface area contributed by atoms with Crippen LogP contribution in [-0.2, 0) is 14.3 Å². The minimum atomic E-state index is -1.01. The van der Waals surface area contributed by atoms with E-state index >= 15 is 0 Å². The van der Waals surface area contributed by atoms with Crippen LogP contribution >= 0.6 is 0 Å². The van der Waals surface area contributed by atoms with Crippen LogP contribution in [0.15, 0.2) is 12.2 Å². The maximum atomic E-state index is 10.3. The Hall–Kier alpha value is -0.870. The van der Waals surface area contributed by atoms with E-state index in [0.717, 1.165) is 6.08 Å². The summed E-state index contributed by atoms with van der Waals surface area (Å²) < 4.78 is 10.5. The van der Waals surface area contributed by atoms with Gasteiger partial charge in [-0.3, -0.25) is 0 Å². The molecular formula is C9H16O4. The van der Waals surface area contributed by atoms with Crippen molar-refractivity contribution >= 4 is 5.97 Å². The minimum absolute atomic E-state index is 0.473. The van der Waals surface area contributed by atoms with Gasteiger partial charge in [-0.15, -0.1) is 0 Å². The van der Waals surface area contributed by atoms with Crippen LogP contribution in [0.1, 0.15) is 20.8 Å². The number of ether oxygens (including phenoxy) is 2. The van der Waals surface area contributed by atoms with E-state index in [9.17, 15) is 4.79 Å². The van der Waals surface area contributed by atoms with Gasteiger partial charge in [-0.1, -0.05) is 0 Å². The predicted molar refractivity (Wildman–Crippen MR) is 48.4 cm³/mol. The molecule has 0 aromatic rings. The number of hydrogen-bond acceptors (Lipinski definition) is 3. The molecule has 0 saturated carbocycles. The van der Waals surface area contributed by atoms with E-state index in [-0.39, 0.29) is 0 Å². The lowest BCUT2D eigenvalue weighted by Crippen LogP contribution is -2.30. The zero-order chi connectivity index (χ0) is 10.3. The molecule has 0 rings (SSSR count). The summed E-state index contributed by atoms with van der Waals surface area (Å²) in [5, 5.41) is 8.42. The third-order valence-electron chi connectivity index (χ3n) is 1.39. The molecule has 0 aliphatic heterocycles. The van der Waals surface area contributed by atoms with Crippen molar-refractivity contribution in [1.29, 1.82) is 0 Å². The SMILES string of the molecule is CCOC(C)(C=CC(=O)O)OCC. The van der Waals surface area contributed by atoms with Crippen LogP contribution in [0.25, 0.3) is 0 Å². The topological polar surface area (TPSA) is 55.8 Å². The Bertz CT molecular complexity index is 180. The average molecular weight is 188 g/mol. The van der Waals surface area contributed by atoms with Crippen molar-refractivity contribution in [2.24, 2.45) is 0 Å². The Kier molecular flexibility index (Phi) is 5.34. The van der Waals surface area contributed by atoms with Crippen LogP contribution < -0.4 is 0 Å². The van der Waals surface area contributed by atoms with Crippen LogP contribution in [0.4, 0.5) is 0 Å². The molecule has 0 aromatic carbocycles. The summed E-state index contributed by atoms with van der Waals surface area (Å²) in [6, 6.07) is 0. The van der Waals surface area contributed by atoms with Gasteiger partial charge in [0.15, 0.2) is 5.79 Å². The van der Waals surface area contributed by atoms with E-state index < -0.39 is 11.8 Å². The first-order chi connectivity index (χ1) is 6.04. The minimum Gasteiger partial charge on any atom is -0.478 e. The largest absolute Gasteiger partial charge is 0.478 e. The normalized spacial score (nSPS) is 12.2. The average Bonchev–Trinajstić information content (AvgIpc) is 2.02. The van der Waals surface area contributed by atoms with Crippen LogP contribution in [-0.4, -0.2) is 30.1 Å². The summed E-state index contributed by atoms with van der Waals surface area (Å²) in [6.45, 7) is 6.28. The molecule has 1 N–H and O–H groups in total. The quantitative estimate of drug-likeness (QED) is 0.506. The van der Waals surface area contributed by atoms with Crippen LogP contribution in [0.5, 0.6) is 0 Å². The number of hydrogen-bond donors (Lipinski definition) is 1. The van der Waals surface area contributed by atoms with E-state index in [2.05, 4.69) is 0 Å². The van der Waals surface area contributed by atoms with E-state index in [4.69, 9.17) is 14.6 Å². The first-order valence-electron chi connectivity index (χ1n) is 4.24. The summed E-state index contributed by atoms with van der Waals surface area (Å²) in [5.74, 6) is -1.94. The second-order valence-corrected chi connectivity index (χ2v) is 2.55. The first kappa shape index (κ1) is 12.1. The van der Waals surface area contributed by atoms with Gasteiger partial charge in [0.05, 0.1) is 0 Å². The maximum absolute atomic E-state index is 10.3.